The van der Waals surface area contributed by atoms with Gasteiger partial charge in [-0.3, -0.25) is 0 Å². The van der Waals surface area contributed by atoms with Crippen LogP contribution in [0.4, 0.5) is 0 Å². The van der Waals surface area contributed by atoms with Crippen LogP contribution in [0.2, 0.25) is 0 Å². The van der Waals surface area contributed by atoms with Gasteiger partial charge in [-0.25, -0.2) is 0 Å². The molecule has 0 saturated carbocycles. The molecule has 66 valence electrons. The van der Waals surface area contributed by atoms with Crippen LogP contribution in [0.25, 0.3) is 0 Å². The van der Waals surface area contributed by atoms with Crippen LogP contribution in [0.5, 0.6) is 0 Å². The molecule has 0 rings (SSSR count). The van der Waals surface area contributed by atoms with Gasteiger partial charge in [-0.1, -0.05) is 13.8 Å². The first kappa shape index (κ1) is 10.9. The van der Waals surface area contributed by atoms with E-state index in [1.54, 1.807) is 0 Å². The van der Waals surface area contributed by atoms with Crippen molar-refractivity contribution >= 4 is 7.85 Å². The van der Waals surface area contributed by atoms with E-state index < -0.39 is 0 Å². The molecule has 0 aromatic carbocycles. The fourth-order valence-corrected chi connectivity index (χ4v) is 1.14. The molecule has 0 aromatic heterocycles. The molecule has 2 radical (unpaired) electrons. The Morgan fingerprint density at radius 1 is 1.17 bits per heavy atom. The van der Waals surface area contributed by atoms with Gasteiger partial charge < -0.3 is 17.2 Å². The summed E-state index contributed by atoms with van der Waals surface area (Å²) in [5.74, 6) is 0.521. The van der Waals surface area contributed by atoms with Gasteiger partial charge in [0.2, 0.25) is 0 Å². The number of hydrogen-bond acceptors (Lipinski definition) is 3. The third kappa shape index (κ3) is 2.53. The summed E-state index contributed by atoms with van der Waals surface area (Å²) >= 11 is 0. The van der Waals surface area contributed by atoms with Crippen molar-refractivity contribution in [1.82, 2.24) is 0 Å². The van der Waals surface area contributed by atoms with Crippen molar-refractivity contribution in [3.05, 3.63) is 22.6 Å². The minimum atomic E-state index is 0.233. The van der Waals surface area contributed by atoms with E-state index in [9.17, 15) is 0 Å². The molecule has 0 amide bonds. The standard InChI is InChI=1S/C8H16BN3/c1-4(2)6(8(11)12)5(3)7(9)10/h4H,10-12H2,1-3H3/b7-5-. The highest BCUT2D eigenvalue weighted by Gasteiger charge is 2.09. The maximum atomic E-state index is 5.49. The van der Waals surface area contributed by atoms with Gasteiger partial charge in [0.15, 0.2) is 0 Å². The van der Waals surface area contributed by atoms with Crippen LogP contribution >= 0.6 is 0 Å². The zero-order valence-corrected chi connectivity index (χ0v) is 7.89. The second kappa shape index (κ2) is 4.09. The Labute approximate surface area is 75.1 Å². The molecular weight excluding hydrogens is 149 g/mol. The number of nitrogens with two attached hydrogens (primary N) is 3. The summed E-state index contributed by atoms with van der Waals surface area (Å²) in [6.45, 7) is 5.79. The smallest absolute Gasteiger partial charge is 0.137 e. The molecule has 0 bridgehead atoms. The van der Waals surface area contributed by atoms with Crippen molar-refractivity contribution < 1.29 is 0 Å². The highest BCUT2D eigenvalue weighted by molar-refractivity contribution is 6.21. The highest BCUT2D eigenvalue weighted by atomic mass is 14.8. The Hall–Kier alpha value is -1.06. The summed E-state index contributed by atoms with van der Waals surface area (Å²) < 4.78 is 0. The Morgan fingerprint density at radius 2 is 1.58 bits per heavy atom. The predicted octanol–water partition coefficient (Wildman–Crippen LogP) is 0.130. The third-order valence-electron chi connectivity index (χ3n) is 1.73. The van der Waals surface area contributed by atoms with Gasteiger partial charge in [0.1, 0.15) is 7.85 Å². The molecule has 0 aromatic rings. The number of hydrogen-bond donors (Lipinski definition) is 3. The zero-order valence-electron chi connectivity index (χ0n) is 7.89. The van der Waals surface area contributed by atoms with Gasteiger partial charge in [0.05, 0.1) is 5.82 Å². The van der Waals surface area contributed by atoms with Crippen molar-refractivity contribution in [1.29, 1.82) is 0 Å². The quantitative estimate of drug-likeness (QED) is 0.402. The van der Waals surface area contributed by atoms with Gasteiger partial charge >= 0.3 is 0 Å². The van der Waals surface area contributed by atoms with E-state index in [4.69, 9.17) is 25.0 Å². The molecule has 0 unspecified atom stereocenters. The van der Waals surface area contributed by atoms with E-state index in [-0.39, 0.29) is 17.3 Å². The third-order valence-corrected chi connectivity index (χ3v) is 1.73. The van der Waals surface area contributed by atoms with Crippen LogP contribution in [-0.4, -0.2) is 7.85 Å². The van der Waals surface area contributed by atoms with E-state index in [1.807, 2.05) is 20.8 Å². The largest absolute Gasteiger partial charge is 0.410 e. The second-order valence-corrected chi connectivity index (χ2v) is 3.10. The molecular formula is C8H16BN3. The van der Waals surface area contributed by atoms with Crippen LogP contribution in [0.1, 0.15) is 20.8 Å². The molecule has 0 fully saturated rings. The summed E-state index contributed by atoms with van der Waals surface area (Å²) in [6.07, 6.45) is 0. The highest BCUT2D eigenvalue weighted by Crippen LogP contribution is 2.19. The van der Waals surface area contributed by atoms with Crippen LogP contribution < -0.4 is 17.2 Å². The van der Waals surface area contributed by atoms with Gasteiger partial charge in [-0.05, 0) is 29.6 Å². The van der Waals surface area contributed by atoms with E-state index in [0.29, 0.717) is 0 Å². The lowest BCUT2D eigenvalue weighted by atomic mass is 9.89. The van der Waals surface area contributed by atoms with Crippen molar-refractivity contribution in [3.8, 4) is 0 Å². The maximum absolute atomic E-state index is 5.49. The average Bonchev–Trinajstić information content (AvgIpc) is 1.85. The van der Waals surface area contributed by atoms with E-state index in [0.717, 1.165) is 11.1 Å². The molecule has 6 N–H and O–H groups in total. The topological polar surface area (TPSA) is 78.1 Å². The van der Waals surface area contributed by atoms with Gasteiger partial charge in [-0.15, -0.1) is 0 Å². The van der Waals surface area contributed by atoms with Crippen molar-refractivity contribution in [2.45, 2.75) is 20.8 Å². The molecule has 0 aliphatic heterocycles. The zero-order chi connectivity index (χ0) is 9.89. The van der Waals surface area contributed by atoms with E-state index in [1.165, 1.54) is 0 Å². The normalized spacial score (nSPS) is 12.7. The molecule has 0 atom stereocenters. The summed E-state index contributed by atoms with van der Waals surface area (Å²) in [5.41, 5.74) is 18.3. The molecule has 12 heavy (non-hydrogen) atoms. The maximum Gasteiger partial charge on any atom is 0.137 e. The van der Waals surface area contributed by atoms with Crippen molar-refractivity contribution in [3.63, 3.8) is 0 Å². The predicted molar refractivity (Wildman–Crippen MR) is 52.9 cm³/mol. The minimum absolute atomic E-state index is 0.233. The van der Waals surface area contributed by atoms with E-state index >= 15 is 0 Å². The summed E-state index contributed by atoms with van der Waals surface area (Å²) in [4.78, 5) is 0. The SMILES string of the molecule is [B]/C(N)=C(\C)C(=C(N)N)C(C)C. The molecule has 4 heteroatoms. The molecule has 0 saturated heterocycles. The van der Waals surface area contributed by atoms with Crippen LogP contribution in [-0.2, 0) is 0 Å². The van der Waals surface area contributed by atoms with Crippen molar-refractivity contribution in [2.24, 2.45) is 23.1 Å². The molecule has 0 aliphatic carbocycles. The molecule has 0 heterocycles. The summed E-state index contributed by atoms with van der Waals surface area (Å²) in [6, 6.07) is 0. The van der Waals surface area contributed by atoms with Crippen molar-refractivity contribution in [2.75, 3.05) is 0 Å². The first-order chi connectivity index (χ1) is 5.37. The lowest BCUT2D eigenvalue weighted by Crippen LogP contribution is -2.17. The summed E-state index contributed by atoms with van der Waals surface area (Å²) in [7, 11) is 5.42. The summed E-state index contributed by atoms with van der Waals surface area (Å²) in [5, 5.41) is 0. The Kier molecular flexibility index (Phi) is 3.73. The van der Waals surface area contributed by atoms with E-state index in [2.05, 4.69) is 0 Å². The Morgan fingerprint density at radius 3 is 1.67 bits per heavy atom. The number of allylic oxidation sites excluding steroid dienone is 2. The van der Waals surface area contributed by atoms with Gasteiger partial charge in [0, 0.05) is 0 Å². The average molecular weight is 165 g/mol. The Balaban J connectivity index is 5.07. The number of rotatable bonds is 2. The van der Waals surface area contributed by atoms with Gasteiger partial charge in [-0.2, -0.15) is 0 Å². The van der Waals surface area contributed by atoms with Crippen LogP contribution in [0.15, 0.2) is 22.6 Å². The molecule has 0 aliphatic rings. The molecule has 3 nitrogen and oxygen atoms in total. The molecule has 0 spiro atoms. The monoisotopic (exact) mass is 165 g/mol. The minimum Gasteiger partial charge on any atom is -0.410 e. The van der Waals surface area contributed by atoms with Gasteiger partial charge in [0.25, 0.3) is 0 Å². The first-order valence-corrected chi connectivity index (χ1v) is 3.85. The van der Waals surface area contributed by atoms with Crippen LogP contribution in [0.3, 0.4) is 0 Å². The second-order valence-electron chi connectivity index (χ2n) is 3.10. The lowest BCUT2D eigenvalue weighted by molar-refractivity contribution is 0.758. The lowest BCUT2D eigenvalue weighted by Gasteiger charge is -2.15. The first-order valence-electron chi connectivity index (χ1n) is 3.85. The van der Waals surface area contributed by atoms with Crippen LogP contribution in [0, 0.1) is 5.92 Å². The Bertz CT molecular complexity index is 220. The fourth-order valence-electron chi connectivity index (χ4n) is 1.14. The fraction of sp³-hybridized carbons (Fsp3) is 0.500.